The standard InChI is InChI=1S/C12H16N4O6/c13-4-3-7(5-10(14)12(17)18)9-2-1-8(15(19)20)6-11(9)16(21)22/h1-2,6-7,10H,3-5,13-14H2,(H,17,18)/t7?,10-/m0/s1. The van der Waals surface area contributed by atoms with Gasteiger partial charge in [-0.05, 0) is 31.4 Å². The Hall–Kier alpha value is -2.59. The van der Waals surface area contributed by atoms with Crippen LogP contribution in [0.4, 0.5) is 11.4 Å². The quantitative estimate of drug-likeness (QED) is 0.464. The van der Waals surface area contributed by atoms with Gasteiger partial charge in [0.25, 0.3) is 11.4 Å². The molecule has 0 fully saturated rings. The lowest BCUT2D eigenvalue weighted by molar-refractivity contribution is -0.394. The molecule has 1 rings (SSSR count). The molecule has 0 radical (unpaired) electrons. The lowest BCUT2D eigenvalue weighted by Crippen LogP contribution is -2.32. The number of benzene rings is 1. The number of nitrogens with zero attached hydrogens (tertiary/aromatic N) is 2. The Labute approximate surface area is 125 Å². The van der Waals surface area contributed by atoms with Crippen molar-refractivity contribution in [2.45, 2.75) is 24.8 Å². The minimum absolute atomic E-state index is 0.0504. The van der Waals surface area contributed by atoms with Crippen LogP contribution >= 0.6 is 0 Å². The van der Waals surface area contributed by atoms with E-state index in [-0.39, 0.29) is 24.9 Å². The number of carbonyl (C=O) groups is 1. The predicted octanol–water partition coefficient (Wildman–Crippen LogP) is 0.737. The summed E-state index contributed by atoms with van der Waals surface area (Å²) in [5.74, 6) is -1.80. The highest BCUT2D eigenvalue weighted by Crippen LogP contribution is 2.34. The van der Waals surface area contributed by atoms with Crippen molar-refractivity contribution in [3.63, 3.8) is 0 Å². The summed E-state index contributed by atoms with van der Waals surface area (Å²) in [5, 5.41) is 30.7. The molecule has 120 valence electrons. The molecule has 0 saturated carbocycles. The van der Waals surface area contributed by atoms with Crippen molar-refractivity contribution in [1.29, 1.82) is 0 Å². The van der Waals surface area contributed by atoms with Gasteiger partial charge in [0.2, 0.25) is 0 Å². The molecule has 0 aliphatic carbocycles. The number of hydrogen-bond donors (Lipinski definition) is 3. The van der Waals surface area contributed by atoms with E-state index >= 15 is 0 Å². The van der Waals surface area contributed by atoms with Gasteiger partial charge in [0.15, 0.2) is 0 Å². The maximum atomic E-state index is 11.1. The van der Waals surface area contributed by atoms with Gasteiger partial charge in [-0.3, -0.25) is 25.0 Å². The zero-order valence-corrected chi connectivity index (χ0v) is 11.5. The average Bonchev–Trinajstić information content (AvgIpc) is 2.45. The first-order valence-electron chi connectivity index (χ1n) is 6.39. The van der Waals surface area contributed by atoms with Crippen molar-refractivity contribution < 1.29 is 19.7 Å². The molecule has 0 amide bonds. The molecular weight excluding hydrogens is 296 g/mol. The van der Waals surface area contributed by atoms with Crippen LogP contribution in [0, 0.1) is 20.2 Å². The molecule has 0 aliphatic rings. The lowest BCUT2D eigenvalue weighted by Gasteiger charge is -2.18. The Kier molecular flexibility index (Phi) is 5.90. The molecule has 1 unspecified atom stereocenters. The molecule has 1 aromatic rings. The molecule has 0 aliphatic heterocycles. The fraction of sp³-hybridized carbons (Fsp3) is 0.417. The third-order valence-corrected chi connectivity index (χ3v) is 3.23. The van der Waals surface area contributed by atoms with Crippen LogP contribution in [-0.2, 0) is 4.79 Å². The van der Waals surface area contributed by atoms with E-state index in [1.54, 1.807) is 0 Å². The average molecular weight is 312 g/mol. The van der Waals surface area contributed by atoms with Crippen LogP contribution in [0.3, 0.4) is 0 Å². The van der Waals surface area contributed by atoms with Gasteiger partial charge in [-0.15, -0.1) is 0 Å². The molecule has 0 saturated heterocycles. The molecule has 0 aromatic heterocycles. The summed E-state index contributed by atoms with van der Waals surface area (Å²) in [6, 6.07) is 2.04. The molecule has 0 heterocycles. The first-order chi connectivity index (χ1) is 10.3. The second-order valence-corrected chi connectivity index (χ2v) is 4.71. The van der Waals surface area contributed by atoms with E-state index in [0.717, 1.165) is 12.1 Å². The van der Waals surface area contributed by atoms with Crippen molar-refractivity contribution in [2.75, 3.05) is 6.54 Å². The van der Waals surface area contributed by atoms with Crippen LogP contribution in [0.5, 0.6) is 0 Å². The number of nitrogens with two attached hydrogens (primary N) is 2. The Morgan fingerprint density at radius 1 is 1.27 bits per heavy atom. The summed E-state index contributed by atoms with van der Waals surface area (Å²) >= 11 is 0. The highest BCUT2D eigenvalue weighted by molar-refractivity contribution is 5.73. The highest BCUT2D eigenvalue weighted by Gasteiger charge is 2.27. The molecule has 2 atom stereocenters. The summed E-state index contributed by atoms with van der Waals surface area (Å²) in [5.41, 5.74) is 10.3. The number of non-ortho nitro benzene ring substituents is 1. The molecule has 0 spiro atoms. The van der Waals surface area contributed by atoms with Gasteiger partial charge in [-0.25, -0.2) is 0 Å². The normalized spacial score (nSPS) is 13.4. The van der Waals surface area contributed by atoms with Gasteiger partial charge in [-0.1, -0.05) is 0 Å². The number of nitro benzene ring substituents is 2. The SMILES string of the molecule is NCCC(C[C@H](N)C(=O)O)c1ccc([N+](=O)[O-])cc1[N+](=O)[O-]. The maximum absolute atomic E-state index is 11.1. The second kappa shape index (κ2) is 7.43. The van der Waals surface area contributed by atoms with Crippen LogP contribution in [0.1, 0.15) is 24.3 Å². The minimum atomic E-state index is -1.23. The van der Waals surface area contributed by atoms with Crippen LogP contribution in [0.15, 0.2) is 18.2 Å². The second-order valence-electron chi connectivity index (χ2n) is 4.71. The summed E-state index contributed by atoms with van der Waals surface area (Å²) < 4.78 is 0. The first kappa shape index (κ1) is 17.5. The lowest BCUT2D eigenvalue weighted by atomic mass is 9.88. The van der Waals surface area contributed by atoms with Crippen LogP contribution < -0.4 is 11.5 Å². The summed E-state index contributed by atoms with van der Waals surface area (Å²) in [6.45, 7) is 0.172. The van der Waals surface area contributed by atoms with E-state index in [0.29, 0.717) is 0 Å². The number of hydrogen-bond acceptors (Lipinski definition) is 7. The maximum Gasteiger partial charge on any atom is 0.320 e. The largest absolute Gasteiger partial charge is 0.480 e. The smallest absolute Gasteiger partial charge is 0.320 e. The third-order valence-electron chi connectivity index (χ3n) is 3.23. The first-order valence-corrected chi connectivity index (χ1v) is 6.39. The number of rotatable bonds is 8. The van der Waals surface area contributed by atoms with Crippen molar-refractivity contribution in [2.24, 2.45) is 11.5 Å². The van der Waals surface area contributed by atoms with Crippen molar-refractivity contribution in [3.8, 4) is 0 Å². The van der Waals surface area contributed by atoms with Gasteiger partial charge in [0, 0.05) is 11.6 Å². The van der Waals surface area contributed by atoms with Crippen molar-refractivity contribution in [1.82, 2.24) is 0 Å². The van der Waals surface area contributed by atoms with Gasteiger partial charge in [-0.2, -0.15) is 0 Å². The summed E-state index contributed by atoms with van der Waals surface area (Å²) in [6.07, 6.45) is 0.227. The van der Waals surface area contributed by atoms with Gasteiger partial charge in [0.05, 0.1) is 15.9 Å². The van der Waals surface area contributed by atoms with E-state index in [4.69, 9.17) is 16.6 Å². The van der Waals surface area contributed by atoms with Gasteiger partial charge in [0.1, 0.15) is 6.04 Å². The predicted molar refractivity (Wildman–Crippen MR) is 76.4 cm³/mol. The van der Waals surface area contributed by atoms with Gasteiger partial charge >= 0.3 is 5.97 Å². The Bertz CT molecular complexity index is 591. The molecule has 0 bridgehead atoms. The van der Waals surface area contributed by atoms with E-state index in [1.807, 2.05) is 0 Å². The Morgan fingerprint density at radius 3 is 2.36 bits per heavy atom. The van der Waals surface area contributed by atoms with E-state index in [1.165, 1.54) is 6.07 Å². The number of nitro groups is 2. The fourth-order valence-electron chi connectivity index (χ4n) is 2.16. The third kappa shape index (κ3) is 4.20. The van der Waals surface area contributed by atoms with Crippen LogP contribution in [0.25, 0.3) is 0 Å². The Balaban J connectivity index is 3.25. The van der Waals surface area contributed by atoms with E-state index in [9.17, 15) is 25.0 Å². The number of aliphatic carboxylic acids is 1. The van der Waals surface area contributed by atoms with Crippen LogP contribution in [-0.4, -0.2) is 33.5 Å². The summed E-state index contributed by atoms with van der Waals surface area (Å²) in [4.78, 5) is 31.2. The zero-order valence-electron chi connectivity index (χ0n) is 11.5. The zero-order chi connectivity index (χ0) is 16.9. The van der Waals surface area contributed by atoms with Gasteiger partial charge < -0.3 is 16.6 Å². The molecule has 5 N–H and O–H groups in total. The number of carboxylic acid groups (broad SMARTS) is 1. The highest BCUT2D eigenvalue weighted by atomic mass is 16.6. The molecule has 22 heavy (non-hydrogen) atoms. The van der Waals surface area contributed by atoms with Crippen LogP contribution in [0.2, 0.25) is 0 Å². The molecule has 1 aromatic carbocycles. The monoisotopic (exact) mass is 312 g/mol. The van der Waals surface area contributed by atoms with Crippen molar-refractivity contribution >= 4 is 17.3 Å². The van der Waals surface area contributed by atoms with E-state index in [2.05, 4.69) is 0 Å². The van der Waals surface area contributed by atoms with E-state index < -0.39 is 39.2 Å². The minimum Gasteiger partial charge on any atom is -0.480 e. The number of carboxylic acids is 1. The Morgan fingerprint density at radius 2 is 1.91 bits per heavy atom. The molecule has 10 nitrogen and oxygen atoms in total. The topological polar surface area (TPSA) is 176 Å². The molecular formula is C12H16N4O6. The van der Waals surface area contributed by atoms with Crippen molar-refractivity contribution in [3.05, 3.63) is 44.0 Å². The fourth-order valence-corrected chi connectivity index (χ4v) is 2.16. The molecule has 10 heteroatoms. The summed E-state index contributed by atoms with van der Waals surface area (Å²) in [7, 11) is 0.